The largest absolute Gasteiger partial charge is 0.324 e. The maximum absolute atomic E-state index is 8.11. The maximum atomic E-state index is 8.11. The van der Waals surface area contributed by atoms with Crippen LogP contribution in [0.3, 0.4) is 0 Å². The Morgan fingerprint density at radius 3 is 3.00 bits per heavy atom. The van der Waals surface area contributed by atoms with Crippen molar-refractivity contribution in [2.45, 2.75) is 11.8 Å². The normalized spacial score (nSPS) is 11.2. The van der Waals surface area contributed by atoms with E-state index >= 15 is 0 Å². The molecule has 0 fully saturated rings. The van der Waals surface area contributed by atoms with Gasteiger partial charge in [-0.1, -0.05) is 5.04 Å². The van der Waals surface area contributed by atoms with Crippen LogP contribution in [0, 0.1) is 6.92 Å². The first kappa shape index (κ1) is 12.6. The Kier molecular flexibility index (Phi) is 4.40. The molecule has 1 aromatic heterocycles. The van der Waals surface area contributed by atoms with Gasteiger partial charge >= 0.3 is 0 Å². The molecule has 0 saturated carbocycles. The van der Waals surface area contributed by atoms with Gasteiger partial charge in [0, 0.05) is 10.6 Å². The molecule has 0 spiro atoms. The van der Waals surface area contributed by atoms with Gasteiger partial charge in [-0.25, -0.2) is 15.2 Å². The molecule has 0 amide bonds. The first-order chi connectivity index (χ1) is 9.58. The molecule has 9 heteroatoms. The van der Waals surface area contributed by atoms with E-state index in [0.29, 0.717) is 5.69 Å². The van der Waals surface area contributed by atoms with E-state index in [-0.39, 0.29) is 17.5 Å². The fourth-order valence-electron chi connectivity index (χ4n) is 1.31. The molecule has 0 aliphatic carbocycles. The van der Waals surface area contributed by atoms with Crippen molar-refractivity contribution in [3.05, 3.63) is 35.3 Å². The summed E-state index contributed by atoms with van der Waals surface area (Å²) >= 11 is 6.52. The Morgan fingerprint density at radius 1 is 1.47 bits per heavy atom. The standard InChI is InChI=1S/C10H9ClN4O3S/c1-6-4-7(2-3-8(6)19-18-17-16)14-10-13-5-12-9(11)15-10/h2-5,16H,1H3,(H,12,13,14,15)/i5T. The lowest BCUT2D eigenvalue weighted by molar-refractivity contribution is -0.432. The summed E-state index contributed by atoms with van der Waals surface area (Å²) in [6.07, 6.45) is -0.218. The third-order valence-corrected chi connectivity index (χ3v) is 3.02. The first-order valence-corrected chi connectivity index (χ1v) is 6.11. The minimum atomic E-state index is -0.218. The van der Waals surface area contributed by atoms with Crippen LogP contribution in [0.15, 0.2) is 29.4 Å². The summed E-state index contributed by atoms with van der Waals surface area (Å²) < 4.78 is 11.7. The average Bonchev–Trinajstić information content (AvgIpc) is 2.36. The van der Waals surface area contributed by atoms with Gasteiger partial charge in [0.1, 0.15) is 7.67 Å². The minimum absolute atomic E-state index is 0.0510. The molecule has 0 aliphatic rings. The Hall–Kier alpha value is -1.45. The Balaban J connectivity index is 2.15. The predicted octanol–water partition coefficient (Wildman–Crippen LogP) is 3.01. The van der Waals surface area contributed by atoms with Crippen molar-refractivity contribution in [2.75, 3.05) is 5.32 Å². The molecule has 0 bridgehead atoms. The second kappa shape index (κ2) is 6.64. The lowest BCUT2D eigenvalue weighted by atomic mass is 10.2. The van der Waals surface area contributed by atoms with Crippen molar-refractivity contribution in [3.8, 4) is 0 Å². The van der Waals surface area contributed by atoms with Crippen LogP contribution in [0.25, 0.3) is 0 Å². The van der Waals surface area contributed by atoms with Gasteiger partial charge in [0.2, 0.25) is 11.2 Å². The number of aromatic nitrogens is 3. The van der Waals surface area contributed by atoms with Crippen molar-refractivity contribution in [2.24, 2.45) is 0 Å². The molecule has 1 aromatic carbocycles. The molecule has 100 valence electrons. The first-order valence-electron chi connectivity index (χ1n) is 5.49. The summed E-state index contributed by atoms with van der Waals surface area (Å²) in [4.78, 5) is 12.0. The fourth-order valence-corrected chi connectivity index (χ4v) is 1.84. The van der Waals surface area contributed by atoms with E-state index in [0.717, 1.165) is 22.5 Å². The molecule has 0 unspecified atom stereocenters. The van der Waals surface area contributed by atoms with Gasteiger partial charge in [-0.15, -0.1) is 4.33 Å². The van der Waals surface area contributed by atoms with E-state index in [4.69, 9.17) is 18.2 Å². The number of halogens is 1. The van der Waals surface area contributed by atoms with Crippen LogP contribution in [-0.4, -0.2) is 20.2 Å². The van der Waals surface area contributed by atoms with Crippen molar-refractivity contribution in [3.63, 3.8) is 0 Å². The quantitative estimate of drug-likeness (QED) is 0.495. The van der Waals surface area contributed by atoms with Crippen molar-refractivity contribution < 1.29 is 16.0 Å². The number of rotatable bonds is 5. The molecule has 0 radical (unpaired) electrons. The minimum Gasteiger partial charge on any atom is -0.324 e. The van der Waals surface area contributed by atoms with Crippen molar-refractivity contribution in [1.29, 1.82) is 0 Å². The molecule has 19 heavy (non-hydrogen) atoms. The summed E-state index contributed by atoms with van der Waals surface area (Å²) in [5, 5.41) is 14.5. The van der Waals surface area contributed by atoms with Crippen LogP contribution in [0.1, 0.15) is 6.93 Å². The SMILES string of the molecule is [3H]c1nc(Cl)nc(Nc2ccc(SOOO)c(C)c2)n1. The molecular formula is C10H9ClN4O3S. The zero-order chi connectivity index (χ0) is 14.5. The second-order valence-corrected chi connectivity index (χ2v) is 4.44. The van der Waals surface area contributed by atoms with E-state index in [1.54, 1.807) is 12.1 Å². The molecule has 2 rings (SSSR count). The average molecular weight is 303 g/mol. The number of nitrogens with zero attached hydrogens (tertiary/aromatic N) is 3. The second-order valence-electron chi connectivity index (χ2n) is 3.36. The fraction of sp³-hybridized carbons (Fsp3) is 0.100. The Bertz CT molecular complexity index is 599. The Labute approximate surface area is 119 Å². The number of benzene rings is 1. The summed E-state index contributed by atoms with van der Waals surface area (Å²) in [6.45, 7) is 1.85. The number of hydrogen-bond acceptors (Lipinski definition) is 8. The molecule has 0 atom stereocenters. The van der Waals surface area contributed by atoms with Crippen molar-refractivity contribution >= 4 is 35.3 Å². The molecule has 0 saturated heterocycles. The van der Waals surface area contributed by atoms with Gasteiger partial charge in [0.25, 0.3) is 0 Å². The zero-order valence-electron chi connectivity index (χ0n) is 10.6. The summed E-state index contributed by atoms with van der Waals surface area (Å²) in [5.41, 5.74) is 1.58. The van der Waals surface area contributed by atoms with E-state index in [1.165, 1.54) is 0 Å². The number of nitrogens with one attached hydrogen (secondary N) is 1. The van der Waals surface area contributed by atoms with Gasteiger partial charge in [0.05, 0.1) is 12.0 Å². The highest BCUT2D eigenvalue weighted by atomic mass is 35.5. The summed E-state index contributed by atoms with van der Waals surface area (Å²) in [7, 11) is 0. The third-order valence-electron chi connectivity index (χ3n) is 2.08. The third kappa shape index (κ3) is 4.01. The van der Waals surface area contributed by atoms with Crippen LogP contribution in [0.4, 0.5) is 11.6 Å². The number of aryl methyl sites for hydroxylation is 1. The van der Waals surface area contributed by atoms with Crippen LogP contribution < -0.4 is 5.32 Å². The zero-order valence-corrected chi connectivity index (χ0v) is 11.2. The lowest BCUT2D eigenvalue weighted by Gasteiger charge is -2.07. The van der Waals surface area contributed by atoms with Crippen LogP contribution >= 0.6 is 23.6 Å². The van der Waals surface area contributed by atoms with Gasteiger partial charge in [0.15, 0.2) is 0 Å². The Morgan fingerprint density at radius 2 is 2.32 bits per heavy atom. The molecule has 7 nitrogen and oxygen atoms in total. The van der Waals surface area contributed by atoms with Crippen LogP contribution in [-0.2, 0) is 9.37 Å². The highest BCUT2D eigenvalue weighted by Gasteiger charge is 2.04. The topological polar surface area (TPSA) is 89.4 Å². The maximum Gasteiger partial charge on any atom is 0.231 e. The van der Waals surface area contributed by atoms with Crippen LogP contribution in [0.5, 0.6) is 0 Å². The molecule has 2 N–H and O–H groups in total. The highest BCUT2D eigenvalue weighted by molar-refractivity contribution is 7.94. The van der Waals surface area contributed by atoms with E-state index in [2.05, 4.69) is 29.6 Å². The van der Waals surface area contributed by atoms with E-state index in [9.17, 15) is 0 Å². The number of hydrogen-bond donors (Lipinski definition) is 2. The van der Waals surface area contributed by atoms with Crippen LogP contribution in [0.2, 0.25) is 5.28 Å². The predicted molar refractivity (Wildman–Crippen MR) is 70.0 cm³/mol. The highest BCUT2D eigenvalue weighted by Crippen LogP contribution is 2.26. The lowest BCUT2D eigenvalue weighted by Crippen LogP contribution is -1.98. The smallest absolute Gasteiger partial charge is 0.231 e. The summed E-state index contributed by atoms with van der Waals surface area (Å²) in [6, 6.07) is 5.31. The van der Waals surface area contributed by atoms with Gasteiger partial charge in [-0.2, -0.15) is 4.98 Å². The van der Waals surface area contributed by atoms with Gasteiger partial charge in [-0.3, -0.25) is 0 Å². The molecular weight excluding hydrogens is 292 g/mol. The molecule has 0 aliphatic heterocycles. The van der Waals surface area contributed by atoms with Gasteiger partial charge < -0.3 is 5.32 Å². The van der Waals surface area contributed by atoms with Crippen molar-refractivity contribution in [1.82, 2.24) is 15.0 Å². The monoisotopic (exact) mass is 302 g/mol. The molecule has 2 aromatic rings. The van der Waals surface area contributed by atoms with Gasteiger partial charge in [-0.05, 0) is 42.3 Å². The number of anilines is 2. The van der Waals surface area contributed by atoms with E-state index in [1.807, 2.05) is 13.0 Å². The summed E-state index contributed by atoms with van der Waals surface area (Å²) in [5.74, 6) is 0.185. The van der Waals surface area contributed by atoms with E-state index < -0.39 is 0 Å². The molecule has 1 heterocycles.